The molecular formula is C13H11Cl2FN2O. The molecule has 0 unspecified atom stereocenters. The summed E-state index contributed by atoms with van der Waals surface area (Å²) in [4.78, 5) is 3.92. The summed E-state index contributed by atoms with van der Waals surface area (Å²) in [6.07, 6.45) is 1.09. The first-order chi connectivity index (χ1) is 9.10. The van der Waals surface area contributed by atoms with Crippen LogP contribution >= 0.6 is 23.2 Å². The van der Waals surface area contributed by atoms with Crippen LogP contribution in [0.3, 0.4) is 0 Å². The summed E-state index contributed by atoms with van der Waals surface area (Å²) in [6.45, 7) is 0.429. The summed E-state index contributed by atoms with van der Waals surface area (Å²) < 4.78 is 18.8. The van der Waals surface area contributed by atoms with E-state index in [2.05, 4.69) is 10.3 Å². The Morgan fingerprint density at radius 2 is 2.11 bits per heavy atom. The van der Waals surface area contributed by atoms with Gasteiger partial charge in [-0.3, -0.25) is 0 Å². The zero-order valence-electron chi connectivity index (χ0n) is 10.1. The van der Waals surface area contributed by atoms with Crippen LogP contribution in [0, 0.1) is 5.82 Å². The molecule has 2 aromatic rings. The molecule has 0 saturated carbocycles. The molecule has 0 aliphatic heterocycles. The van der Waals surface area contributed by atoms with Gasteiger partial charge in [-0.1, -0.05) is 23.2 Å². The van der Waals surface area contributed by atoms with Gasteiger partial charge < -0.3 is 10.1 Å². The molecule has 0 fully saturated rings. The summed E-state index contributed by atoms with van der Waals surface area (Å²) in [5.74, 6) is 0.250. The predicted octanol–water partition coefficient (Wildman–Crippen LogP) is 4.04. The van der Waals surface area contributed by atoms with Gasteiger partial charge in [-0.2, -0.15) is 0 Å². The summed E-state index contributed by atoms with van der Waals surface area (Å²) in [5, 5.41) is 3.82. The zero-order valence-corrected chi connectivity index (χ0v) is 11.6. The second kappa shape index (κ2) is 6.19. The van der Waals surface area contributed by atoms with Crippen molar-refractivity contribution in [3.63, 3.8) is 0 Å². The van der Waals surface area contributed by atoms with E-state index in [1.54, 1.807) is 25.2 Å². The van der Waals surface area contributed by atoms with Gasteiger partial charge in [0.15, 0.2) is 0 Å². The molecule has 0 aliphatic rings. The normalized spacial score (nSPS) is 10.5. The first kappa shape index (κ1) is 14.1. The fourth-order valence-electron chi connectivity index (χ4n) is 1.54. The highest BCUT2D eigenvalue weighted by Gasteiger charge is 2.10. The van der Waals surface area contributed by atoms with Crippen molar-refractivity contribution in [3.05, 3.63) is 51.9 Å². The second-order valence-electron chi connectivity index (χ2n) is 3.82. The maximum absolute atomic E-state index is 13.2. The molecule has 0 radical (unpaired) electrons. The fourth-order valence-corrected chi connectivity index (χ4v) is 1.86. The van der Waals surface area contributed by atoms with E-state index in [0.717, 1.165) is 6.20 Å². The molecular weight excluding hydrogens is 290 g/mol. The Morgan fingerprint density at radius 1 is 1.32 bits per heavy atom. The van der Waals surface area contributed by atoms with Crippen molar-refractivity contribution in [2.45, 2.75) is 6.54 Å². The average molecular weight is 301 g/mol. The molecule has 0 amide bonds. The van der Waals surface area contributed by atoms with Gasteiger partial charge in [0, 0.05) is 23.2 Å². The van der Waals surface area contributed by atoms with E-state index in [4.69, 9.17) is 27.9 Å². The number of halogens is 3. The molecule has 1 aromatic heterocycles. The van der Waals surface area contributed by atoms with Gasteiger partial charge in [-0.15, -0.1) is 0 Å². The number of nitrogens with zero attached hydrogens (tertiary/aromatic N) is 1. The molecule has 0 atom stereocenters. The Morgan fingerprint density at radius 3 is 2.84 bits per heavy atom. The van der Waals surface area contributed by atoms with Gasteiger partial charge in [0.05, 0.1) is 11.2 Å². The molecule has 19 heavy (non-hydrogen) atoms. The molecule has 0 aliphatic carbocycles. The van der Waals surface area contributed by atoms with Crippen molar-refractivity contribution in [1.82, 2.24) is 10.3 Å². The molecule has 1 N–H and O–H groups in total. The van der Waals surface area contributed by atoms with Crippen molar-refractivity contribution in [3.8, 4) is 11.6 Å². The van der Waals surface area contributed by atoms with Crippen LogP contribution in [0.4, 0.5) is 4.39 Å². The van der Waals surface area contributed by atoms with E-state index < -0.39 is 5.82 Å². The van der Waals surface area contributed by atoms with Crippen LogP contribution in [0.5, 0.6) is 11.6 Å². The topological polar surface area (TPSA) is 34.2 Å². The predicted molar refractivity (Wildman–Crippen MR) is 73.5 cm³/mol. The molecule has 6 heteroatoms. The first-order valence-electron chi connectivity index (χ1n) is 5.52. The minimum absolute atomic E-state index is 0.292. The summed E-state index contributed by atoms with van der Waals surface area (Å²) in [7, 11) is 1.75. The fraction of sp³-hybridized carbons (Fsp3) is 0.154. The second-order valence-corrected chi connectivity index (χ2v) is 4.67. The van der Waals surface area contributed by atoms with Gasteiger partial charge in [0.1, 0.15) is 11.6 Å². The van der Waals surface area contributed by atoms with Crippen LogP contribution in [0.1, 0.15) is 5.56 Å². The minimum atomic E-state index is -0.421. The highest BCUT2D eigenvalue weighted by molar-refractivity contribution is 6.34. The lowest BCUT2D eigenvalue weighted by atomic mass is 10.2. The molecule has 0 spiro atoms. The number of hydrogen-bond donors (Lipinski definition) is 1. The van der Waals surface area contributed by atoms with E-state index in [1.807, 2.05) is 0 Å². The summed E-state index contributed by atoms with van der Waals surface area (Å²) in [6, 6.07) is 6.22. The van der Waals surface area contributed by atoms with Gasteiger partial charge in [-0.05, 0) is 25.2 Å². The molecule has 3 nitrogen and oxygen atoms in total. The highest BCUT2D eigenvalue weighted by Crippen LogP contribution is 2.32. The number of aromatic nitrogens is 1. The molecule has 100 valence electrons. The monoisotopic (exact) mass is 300 g/mol. The maximum atomic E-state index is 13.2. The zero-order chi connectivity index (χ0) is 13.8. The van der Waals surface area contributed by atoms with E-state index in [0.29, 0.717) is 33.8 Å². The van der Waals surface area contributed by atoms with Crippen LogP contribution in [-0.2, 0) is 6.54 Å². The minimum Gasteiger partial charge on any atom is -0.437 e. The smallest absolute Gasteiger partial charge is 0.223 e. The number of benzene rings is 1. The van der Waals surface area contributed by atoms with Crippen LogP contribution < -0.4 is 10.1 Å². The molecule has 1 heterocycles. The molecule has 0 saturated heterocycles. The molecule has 2 rings (SSSR count). The number of pyridine rings is 1. The lowest BCUT2D eigenvalue weighted by Gasteiger charge is -2.11. The van der Waals surface area contributed by atoms with Crippen molar-refractivity contribution in [2.75, 3.05) is 7.05 Å². The lowest BCUT2D eigenvalue weighted by molar-refractivity contribution is 0.450. The van der Waals surface area contributed by atoms with Crippen LogP contribution in [-0.4, -0.2) is 12.0 Å². The first-order valence-corrected chi connectivity index (χ1v) is 6.27. The third-order valence-electron chi connectivity index (χ3n) is 2.36. The Balaban J connectivity index is 2.34. The number of nitrogens with one attached hydrogen (secondary N) is 1. The van der Waals surface area contributed by atoms with Crippen LogP contribution in [0.15, 0.2) is 30.5 Å². The highest BCUT2D eigenvalue weighted by atomic mass is 35.5. The van der Waals surface area contributed by atoms with Crippen LogP contribution in [0.25, 0.3) is 0 Å². The van der Waals surface area contributed by atoms with E-state index in [-0.39, 0.29) is 0 Å². The number of rotatable bonds is 4. The van der Waals surface area contributed by atoms with Crippen LogP contribution in [0.2, 0.25) is 10.0 Å². The molecule has 0 bridgehead atoms. The van der Waals surface area contributed by atoms with Crippen molar-refractivity contribution < 1.29 is 9.13 Å². The Bertz CT molecular complexity index is 593. The Hall–Kier alpha value is -1.36. The Kier molecular flexibility index (Phi) is 4.58. The standard InChI is InChI=1S/C13H11Cl2FN2O/c1-17-6-8-4-10(16)7-18-13(8)19-12-5-9(14)2-3-11(12)15/h2-5,7,17H,6H2,1H3. The van der Waals surface area contributed by atoms with E-state index in [9.17, 15) is 4.39 Å². The Labute approximate surface area is 120 Å². The SMILES string of the molecule is CNCc1cc(F)cnc1Oc1cc(Cl)ccc1Cl. The van der Waals surface area contributed by atoms with Crippen molar-refractivity contribution >= 4 is 23.2 Å². The van der Waals surface area contributed by atoms with Crippen molar-refractivity contribution in [1.29, 1.82) is 0 Å². The van der Waals surface area contributed by atoms with Gasteiger partial charge in [0.2, 0.25) is 5.88 Å². The number of ether oxygens (including phenoxy) is 1. The lowest BCUT2D eigenvalue weighted by Crippen LogP contribution is -2.07. The van der Waals surface area contributed by atoms with Gasteiger partial charge in [0.25, 0.3) is 0 Å². The summed E-state index contributed by atoms with van der Waals surface area (Å²) in [5.41, 5.74) is 0.596. The van der Waals surface area contributed by atoms with Gasteiger partial charge >= 0.3 is 0 Å². The quantitative estimate of drug-likeness (QED) is 0.925. The van der Waals surface area contributed by atoms with Gasteiger partial charge in [-0.25, -0.2) is 9.37 Å². The largest absolute Gasteiger partial charge is 0.437 e. The summed E-state index contributed by atoms with van der Waals surface area (Å²) >= 11 is 11.9. The number of hydrogen-bond acceptors (Lipinski definition) is 3. The molecule has 1 aromatic carbocycles. The van der Waals surface area contributed by atoms with E-state index >= 15 is 0 Å². The third-order valence-corrected chi connectivity index (χ3v) is 2.91. The van der Waals surface area contributed by atoms with Crippen molar-refractivity contribution in [2.24, 2.45) is 0 Å². The maximum Gasteiger partial charge on any atom is 0.223 e. The van der Waals surface area contributed by atoms with E-state index in [1.165, 1.54) is 6.07 Å². The third kappa shape index (κ3) is 3.56. The average Bonchev–Trinajstić information content (AvgIpc) is 2.37.